The molecule has 0 aliphatic heterocycles. The van der Waals surface area contributed by atoms with Crippen molar-refractivity contribution in [3.8, 4) is 0 Å². The van der Waals surface area contributed by atoms with E-state index in [0.29, 0.717) is 5.56 Å². The third-order valence-electron chi connectivity index (χ3n) is 4.16. The van der Waals surface area contributed by atoms with E-state index in [-0.39, 0.29) is 18.6 Å². The number of benzene rings is 2. The second-order valence-corrected chi connectivity index (χ2v) is 6.46. The molecular formula is C21H26N2O3. The highest BCUT2D eigenvalue weighted by Crippen LogP contribution is 2.17. The molecule has 5 heteroatoms. The van der Waals surface area contributed by atoms with Gasteiger partial charge in [0, 0.05) is 19.8 Å². The summed E-state index contributed by atoms with van der Waals surface area (Å²) in [6.45, 7) is 3.73. The summed E-state index contributed by atoms with van der Waals surface area (Å²) >= 11 is 0. The molecule has 1 N–H and O–H groups in total. The van der Waals surface area contributed by atoms with Crippen LogP contribution in [0.15, 0.2) is 48.5 Å². The van der Waals surface area contributed by atoms with Crippen molar-refractivity contribution in [1.29, 1.82) is 0 Å². The van der Waals surface area contributed by atoms with E-state index in [4.69, 9.17) is 4.74 Å². The zero-order valence-corrected chi connectivity index (χ0v) is 15.8. The Kier molecular flexibility index (Phi) is 6.78. The first-order valence-electron chi connectivity index (χ1n) is 8.71. The molecule has 0 aliphatic rings. The molecule has 0 spiro atoms. The average molecular weight is 354 g/mol. The number of esters is 1. The van der Waals surface area contributed by atoms with E-state index in [1.54, 1.807) is 18.2 Å². The zero-order chi connectivity index (χ0) is 19.1. The van der Waals surface area contributed by atoms with Crippen LogP contribution < -0.4 is 10.2 Å². The van der Waals surface area contributed by atoms with Crippen molar-refractivity contribution in [2.24, 2.45) is 0 Å². The zero-order valence-electron chi connectivity index (χ0n) is 15.8. The molecule has 0 unspecified atom stereocenters. The Bertz CT molecular complexity index is 754. The van der Waals surface area contributed by atoms with Crippen LogP contribution in [0.2, 0.25) is 0 Å². The topological polar surface area (TPSA) is 58.6 Å². The second-order valence-electron chi connectivity index (χ2n) is 6.46. The highest BCUT2D eigenvalue weighted by atomic mass is 16.5. The first kappa shape index (κ1) is 19.5. The molecule has 138 valence electrons. The van der Waals surface area contributed by atoms with Crippen LogP contribution in [0, 0.1) is 6.92 Å². The number of hydrogen-bond acceptors (Lipinski definition) is 4. The lowest BCUT2D eigenvalue weighted by atomic mass is 10.0. The van der Waals surface area contributed by atoms with Crippen LogP contribution in [0.3, 0.4) is 0 Å². The van der Waals surface area contributed by atoms with Gasteiger partial charge in [-0.15, -0.1) is 0 Å². The second kappa shape index (κ2) is 9.04. The lowest BCUT2D eigenvalue weighted by Crippen LogP contribution is -2.32. The largest absolute Gasteiger partial charge is 0.452 e. The van der Waals surface area contributed by atoms with E-state index in [9.17, 15) is 9.59 Å². The first-order chi connectivity index (χ1) is 12.4. The lowest BCUT2D eigenvalue weighted by molar-refractivity contribution is -0.125. The maximum absolute atomic E-state index is 12.2. The van der Waals surface area contributed by atoms with Gasteiger partial charge in [-0.2, -0.15) is 0 Å². The maximum Gasteiger partial charge on any atom is 0.338 e. The van der Waals surface area contributed by atoms with Gasteiger partial charge in [0.1, 0.15) is 0 Å². The van der Waals surface area contributed by atoms with Crippen molar-refractivity contribution in [1.82, 2.24) is 5.32 Å². The number of aryl methyl sites for hydroxylation is 1. The molecule has 0 aliphatic carbocycles. The quantitative estimate of drug-likeness (QED) is 0.774. The minimum absolute atomic E-state index is 0.0983. The fraction of sp³-hybridized carbons (Fsp3) is 0.333. The number of hydrogen-bond donors (Lipinski definition) is 1. The predicted octanol–water partition coefficient (Wildman–Crippen LogP) is 3.49. The summed E-state index contributed by atoms with van der Waals surface area (Å²) in [6, 6.07) is 15.0. The number of anilines is 1. The Labute approximate surface area is 155 Å². The van der Waals surface area contributed by atoms with Gasteiger partial charge in [-0.05, 0) is 37.1 Å². The van der Waals surface area contributed by atoms with Gasteiger partial charge in [0.15, 0.2) is 6.61 Å². The Morgan fingerprint density at radius 2 is 1.81 bits per heavy atom. The Hall–Kier alpha value is -2.82. The monoisotopic (exact) mass is 354 g/mol. The highest BCUT2D eigenvalue weighted by Gasteiger charge is 2.15. The van der Waals surface area contributed by atoms with Crippen molar-refractivity contribution in [2.45, 2.75) is 26.3 Å². The van der Waals surface area contributed by atoms with Crippen LogP contribution in [0.5, 0.6) is 0 Å². The van der Waals surface area contributed by atoms with E-state index < -0.39 is 5.97 Å². The van der Waals surface area contributed by atoms with Gasteiger partial charge in [-0.3, -0.25) is 4.79 Å². The Balaban J connectivity index is 1.92. The number of nitrogens with zero attached hydrogens (tertiary/aromatic N) is 1. The maximum atomic E-state index is 12.2. The minimum atomic E-state index is -0.507. The normalized spacial score (nSPS) is 11.5. The molecular weight excluding hydrogens is 328 g/mol. The van der Waals surface area contributed by atoms with Crippen LogP contribution in [-0.4, -0.2) is 32.6 Å². The van der Waals surface area contributed by atoms with Crippen molar-refractivity contribution < 1.29 is 14.3 Å². The van der Waals surface area contributed by atoms with Crippen molar-refractivity contribution >= 4 is 17.6 Å². The molecule has 0 saturated carbocycles. The molecule has 0 bridgehead atoms. The summed E-state index contributed by atoms with van der Waals surface area (Å²) in [6.07, 6.45) is 0.758. The number of nitrogens with one attached hydrogen (secondary N) is 1. The lowest BCUT2D eigenvalue weighted by Gasteiger charge is -2.18. The predicted molar refractivity (Wildman–Crippen MR) is 103 cm³/mol. The van der Waals surface area contributed by atoms with E-state index >= 15 is 0 Å². The molecule has 2 rings (SSSR count). The van der Waals surface area contributed by atoms with E-state index in [1.807, 2.05) is 63.2 Å². The molecule has 0 radical (unpaired) electrons. The van der Waals surface area contributed by atoms with Gasteiger partial charge in [0.25, 0.3) is 5.91 Å². The number of carbonyl (C=O) groups is 2. The van der Waals surface area contributed by atoms with Crippen molar-refractivity contribution in [3.05, 3.63) is 65.2 Å². The molecule has 0 heterocycles. The van der Waals surface area contributed by atoms with Crippen molar-refractivity contribution in [2.75, 3.05) is 25.6 Å². The van der Waals surface area contributed by atoms with Gasteiger partial charge < -0.3 is 15.0 Å². The molecule has 1 atom stereocenters. The van der Waals surface area contributed by atoms with E-state index in [2.05, 4.69) is 5.32 Å². The van der Waals surface area contributed by atoms with E-state index in [0.717, 1.165) is 17.7 Å². The molecule has 0 saturated heterocycles. The van der Waals surface area contributed by atoms with Gasteiger partial charge in [-0.25, -0.2) is 4.79 Å². The third-order valence-corrected chi connectivity index (χ3v) is 4.16. The third kappa shape index (κ3) is 5.34. The molecule has 2 aromatic rings. The summed E-state index contributed by atoms with van der Waals surface area (Å²) in [5.74, 6) is -0.818. The van der Waals surface area contributed by atoms with Gasteiger partial charge in [0.2, 0.25) is 0 Å². The highest BCUT2D eigenvalue weighted by molar-refractivity contribution is 5.92. The summed E-state index contributed by atoms with van der Waals surface area (Å²) in [4.78, 5) is 26.2. The van der Waals surface area contributed by atoms with Crippen LogP contribution in [-0.2, 0) is 9.53 Å². The standard InChI is InChI=1S/C21H26N2O3/c1-5-19(16-11-9-15(2)10-12-16)22-20(24)14-26-21(25)17-7-6-8-18(13-17)23(3)4/h6-13,19H,5,14H2,1-4H3,(H,22,24)/t19-/m1/s1. The summed E-state index contributed by atoms with van der Waals surface area (Å²) in [5, 5.41) is 2.91. The molecule has 2 aromatic carbocycles. The Morgan fingerprint density at radius 1 is 1.12 bits per heavy atom. The van der Waals surface area contributed by atoms with Crippen molar-refractivity contribution in [3.63, 3.8) is 0 Å². The fourth-order valence-corrected chi connectivity index (χ4v) is 2.58. The van der Waals surface area contributed by atoms with Gasteiger partial charge in [0.05, 0.1) is 11.6 Å². The number of ether oxygens (including phenoxy) is 1. The SMILES string of the molecule is CC[C@@H](NC(=O)COC(=O)c1cccc(N(C)C)c1)c1ccc(C)cc1. The molecule has 1 amide bonds. The van der Waals surface area contributed by atoms with Gasteiger partial charge in [-0.1, -0.05) is 42.8 Å². The molecule has 0 aromatic heterocycles. The number of carbonyl (C=O) groups excluding carboxylic acids is 2. The number of rotatable bonds is 7. The van der Waals surface area contributed by atoms with Crippen LogP contribution >= 0.6 is 0 Å². The summed E-state index contributed by atoms with van der Waals surface area (Å²) < 4.78 is 5.16. The van der Waals surface area contributed by atoms with Crippen LogP contribution in [0.25, 0.3) is 0 Å². The van der Waals surface area contributed by atoms with Gasteiger partial charge >= 0.3 is 5.97 Å². The minimum Gasteiger partial charge on any atom is -0.452 e. The Morgan fingerprint density at radius 3 is 2.42 bits per heavy atom. The van der Waals surface area contributed by atoms with Crippen LogP contribution in [0.1, 0.15) is 40.9 Å². The molecule has 0 fully saturated rings. The van der Waals surface area contributed by atoms with E-state index in [1.165, 1.54) is 5.56 Å². The fourth-order valence-electron chi connectivity index (χ4n) is 2.58. The summed E-state index contributed by atoms with van der Waals surface area (Å²) in [5.41, 5.74) is 3.53. The molecule has 26 heavy (non-hydrogen) atoms. The molecule has 5 nitrogen and oxygen atoms in total. The number of amides is 1. The summed E-state index contributed by atoms with van der Waals surface area (Å²) in [7, 11) is 3.79. The first-order valence-corrected chi connectivity index (χ1v) is 8.71. The smallest absolute Gasteiger partial charge is 0.338 e. The average Bonchev–Trinajstić information content (AvgIpc) is 2.65. The van der Waals surface area contributed by atoms with Crippen LogP contribution in [0.4, 0.5) is 5.69 Å².